The van der Waals surface area contributed by atoms with E-state index in [0.29, 0.717) is 16.8 Å². The Balaban J connectivity index is 1.77. The Labute approximate surface area is 173 Å². The molecule has 0 aliphatic heterocycles. The normalized spacial score (nSPS) is 14.3. The minimum Gasteiger partial charge on any atom is -0.377 e. The molecule has 5 heteroatoms. The standard InChI is InChI=1S/C24H31N3O2/c1-4-17-10-12-18(13-11-17)23(28)26-20-14-15-22(27(2)3)21(16-20)24(29)25-19-8-6-5-7-9-19/h10-16,19H,4-9H2,1-3H3,(H,25,29)(H,26,28). The molecule has 0 saturated heterocycles. The fourth-order valence-corrected chi connectivity index (χ4v) is 3.79. The van der Waals surface area contributed by atoms with Gasteiger partial charge in [-0.1, -0.05) is 38.3 Å². The van der Waals surface area contributed by atoms with Crippen molar-refractivity contribution in [3.05, 3.63) is 59.2 Å². The van der Waals surface area contributed by atoms with E-state index >= 15 is 0 Å². The van der Waals surface area contributed by atoms with Crippen molar-refractivity contribution < 1.29 is 9.59 Å². The molecule has 29 heavy (non-hydrogen) atoms. The van der Waals surface area contributed by atoms with E-state index in [1.54, 1.807) is 6.07 Å². The van der Waals surface area contributed by atoms with Gasteiger partial charge in [-0.05, 0) is 55.2 Å². The lowest BCUT2D eigenvalue weighted by atomic mass is 9.95. The lowest BCUT2D eigenvalue weighted by Gasteiger charge is -2.24. The molecule has 0 radical (unpaired) electrons. The summed E-state index contributed by atoms with van der Waals surface area (Å²) in [6.07, 6.45) is 6.58. The summed E-state index contributed by atoms with van der Waals surface area (Å²) >= 11 is 0. The van der Waals surface area contributed by atoms with Crippen LogP contribution in [0.4, 0.5) is 11.4 Å². The van der Waals surface area contributed by atoms with Gasteiger partial charge in [-0.2, -0.15) is 0 Å². The summed E-state index contributed by atoms with van der Waals surface area (Å²) in [5, 5.41) is 6.10. The predicted molar refractivity (Wildman–Crippen MR) is 119 cm³/mol. The van der Waals surface area contributed by atoms with Crippen LogP contribution in [-0.2, 0) is 6.42 Å². The molecule has 0 atom stereocenters. The van der Waals surface area contributed by atoms with Gasteiger partial charge in [0.05, 0.1) is 5.56 Å². The Bertz CT molecular complexity index is 853. The van der Waals surface area contributed by atoms with E-state index in [9.17, 15) is 9.59 Å². The fourth-order valence-electron chi connectivity index (χ4n) is 3.79. The lowest BCUT2D eigenvalue weighted by molar-refractivity contribution is 0.0927. The molecule has 154 valence electrons. The van der Waals surface area contributed by atoms with Gasteiger partial charge < -0.3 is 15.5 Å². The third kappa shape index (κ3) is 5.37. The number of carbonyl (C=O) groups is 2. The third-order valence-electron chi connectivity index (χ3n) is 5.55. The van der Waals surface area contributed by atoms with E-state index in [0.717, 1.165) is 24.9 Å². The average Bonchev–Trinajstić information content (AvgIpc) is 2.74. The number of anilines is 2. The Hall–Kier alpha value is -2.82. The molecule has 0 bridgehead atoms. The highest BCUT2D eigenvalue weighted by Gasteiger charge is 2.20. The molecule has 0 aromatic heterocycles. The summed E-state index contributed by atoms with van der Waals surface area (Å²) in [5.41, 5.74) is 3.84. The highest BCUT2D eigenvalue weighted by molar-refractivity contribution is 6.06. The van der Waals surface area contributed by atoms with Crippen molar-refractivity contribution in [2.75, 3.05) is 24.3 Å². The maximum atomic E-state index is 13.0. The zero-order chi connectivity index (χ0) is 20.8. The first-order valence-electron chi connectivity index (χ1n) is 10.5. The quantitative estimate of drug-likeness (QED) is 0.752. The van der Waals surface area contributed by atoms with E-state index in [-0.39, 0.29) is 17.9 Å². The molecule has 0 spiro atoms. The topological polar surface area (TPSA) is 61.4 Å². The predicted octanol–water partition coefficient (Wildman–Crippen LogP) is 4.63. The van der Waals surface area contributed by atoms with Crippen molar-refractivity contribution in [1.82, 2.24) is 5.32 Å². The number of carbonyl (C=O) groups excluding carboxylic acids is 2. The monoisotopic (exact) mass is 393 g/mol. The van der Waals surface area contributed by atoms with Crippen LogP contribution in [0.25, 0.3) is 0 Å². The van der Waals surface area contributed by atoms with Gasteiger partial charge in [0.25, 0.3) is 11.8 Å². The number of aryl methyl sites for hydroxylation is 1. The Morgan fingerprint density at radius 2 is 1.66 bits per heavy atom. The van der Waals surface area contributed by atoms with Gasteiger partial charge in [0.1, 0.15) is 0 Å². The number of hydrogen-bond acceptors (Lipinski definition) is 3. The number of amides is 2. The van der Waals surface area contributed by atoms with E-state index in [2.05, 4.69) is 17.6 Å². The molecule has 2 aromatic carbocycles. The molecule has 1 aliphatic carbocycles. The van der Waals surface area contributed by atoms with Crippen molar-refractivity contribution in [2.24, 2.45) is 0 Å². The minimum absolute atomic E-state index is 0.0796. The smallest absolute Gasteiger partial charge is 0.255 e. The first-order valence-corrected chi connectivity index (χ1v) is 10.5. The lowest BCUT2D eigenvalue weighted by Crippen LogP contribution is -2.36. The third-order valence-corrected chi connectivity index (χ3v) is 5.55. The number of nitrogens with zero attached hydrogens (tertiary/aromatic N) is 1. The molecule has 5 nitrogen and oxygen atoms in total. The van der Waals surface area contributed by atoms with Crippen molar-refractivity contribution in [1.29, 1.82) is 0 Å². The minimum atomic E-state index is -0.177. The molecular formula is C24H31N3O2. The molecule has 0 unspecified atom stereocenters. The molecule has 2 aromatic rings. The summed E-state index contributed by atoms with van der Waals surface area (Å²) in [6.45, 7) is 2.08. The van der Waals surface area contributed by atoms with Gasteiger partial charge in [-0.25, -0.2) is 0 Å². The van der Waals surface area contributed by atoms with Crippen molar-refractivity contribution in [3.63, 3.8) is 0 Å². The summed E-state index contributed by atoms with van der Waals surface area (Å²) in [6, 6.07) is 13.3. The molecule has 3 rings (SSSR count). The van der Waals surface area contributed by atoms with Crippen molar-refractivity contribution >= 4 is 23.2 Å². The van der Waals surface area contributed by atoms with Crippen LogP contribution in [0.5, 0.6) is 0 Å². The second-order valence-electron chi connectivity index (χ2n) is 7.94. The largest absolute Gasteiger partial charge is 0.377 e. The first kappa shape index (κ1) is 20.9. The molecule has 1 aliphatic rings. The van der Waals surface area contributed by atoms with E-state index in [4.69, 9.17) is 0 Å². The summed E-state index contributed by atoms with van der Waals surface area (Å²) in [7, 11) is 3.83. The maximum absolute atomic E-state index is 13.0. The molecule has 1 saturated carbocycles. The van der Waals surface area contributed by atoms with E-state index in [1.165, 1.54) is 24.8 Å². The molecular weight excluding hydrogens is 362 g/mol. The summed E-state index contributed by atoms with van der Waals surface area (Å²) in [5.74, 6) is -0.257. The Kier molecular flexibility index (Phi) is 6.91. The van der Waals surface area contributed by atoms with E-state index in [1.807, 2.05) is 55.4 Å². The second-order valence-corrected chi connectivity index (χ2v) is 7.94. The molecule has 2 amide bonds. The average molecular weight is 394 g/mol. The van der Waals surface area contributed by atoms with Crippen molar-refractivity contribution in [2.45, 2.75) is 51.5 Å². The SMILES string of the molecule is CCc1ccc(C(=O)Nc2ccc(N(C)C)c(C(=O)NC3CCCCC3)c2)cc1. The maximum Gasteiger partial charge on any atom is 0.255 e. The molecule has 0 heterocycles. The van der Waals surface area contributed by atoms with Gasteiger partial charge in [0.15, 0.2) is 0 Å². The van der Waals surface area contributed by atoms with Crippen LogP contribution >= 0.6 is 0 Å². The van der Waals surface area contributed by atoms with Gasteiger partial charge in [-0.3, -0.25) is 9.59 Å². The van der Waals surface area contributed by atoms with Crippen molar-refractivity contribution in [3.8, 4) is 0 Å². The zero-order valence-electron chi connectivity index (χ0n) is 17.6. The Morgan fingerprint density at radius 3 is 2.28 bits per heavy atom. The second kappa shape index (κ2) is 9.59. The first-order chi connectivity index (χ1) is 14.0. The highest BCUT2D eigenvalue weighted by Crippen LogP contribution is 2.25. The fraction of sp³-hybridized carbons (Fsp3) is 0.417. The number of benzene rings is 2. The number of rotatable bonds is 6. The zero-order valence-corrected chi connectivity index (χ0v) is 17.6. The molecule has 2 N–H and O–H groups in total. The number of nitrogens with one attached hydrogen (secondary N) is 2. The van der Waals surface area contributed by atoms with Gasteiger partial charge >= 0.3 is 0 Å². The number of hydrogen-bond donors (Lipinski definition) is 2. The van der Waals surface area contributed by atoms with Crippen LogP contribution in [0.2, 0.25) is 0 Å². The van der Waals surface area contributed by atoms with Gasteiger partial charge in [-0.15, -0.1) is 0 Å². The van der Waals surface area contributed by atoms with Crippen LogP contribution in [0.15, 0.2) is 42.5 Å². The Morgan fingerprint density at radius 1 is 0.966 bits per heavy atom. The van der Waals surface area contributed by atoms with Gasteiger partial charge in [0, 0.05) is 37.1 Å². The van der Waals surface area contributed by atoms with Crippen LogP contribution in [-0.4, -0.2) is 32.0 Å². The summed E-state index contributed by atoms with van der Waals surface area (Å²) in [4.78, 5) is 27.5. The summed E-state index contributed by atoms with van der Waals surface area (Å²) < 4.78 is 0. The molecule has 1 fully saturated rings. The van der Waals surface area contributed by atoms with Gasteiger partial charge in [0.2, 0.25) is 0 Å². The van der Waals surface area contributed by atoms with Crippen LogP contribution < -0.4 is 15.5 Å². The highest BCUT2D eigenvalue weighted by atomic mass is 16.2. The van der Waals surface area contributed by atoms with Crippen LogP contribution in [0.1, 0.15) is 65.3 Å². The van der Waals surface area contributed by atoms with Crippen LogP contribution in [0.3, 0.4) is 0 Å². The van der Waals surface area contributed by atoms with Crippen LogP contribution in [0, 0.1) is 0 Å². The van der Waals surface area contributed by atoms with E-state index < -0.39 is 0 Å².